The van der Waals surface area contributed by atoms with Crippen molar-refractivity contribution in [2.45, 2.75) is 45.1 Å². The molecule has 1 aliphatic rings. The lowest BCUT2D eigenvalue weighted by molar-refractivity contribution is -0.138. The predicted octanol–water partition coefficient (Wildman–Crippen LogP) is 3.15. The highest BCUT2D eigenvalue weighted by atomic mass is 19.1. The molecule has 2 rings (SSSR count). The maximum absolute atomic E-state index is 14.0. The first-order valence-corrected chi connectivity index (χ1v) is 6.13. The van der Waals surface area contributed by atoms with Crippen LogP contribution in [-0.2, 0) is 11.2 Å². The van der Waals surface area contributed by atoms with E-state index in [1.165, 1.54) is 6.07 Å². The summed E-state index contributed by atoms with van der Waals surface area (Å²) in [5.74, 6) is -1.97. The van der Waals surface area contributed by atoms with E-state index >= 15 is 0 Å². The van der Waals surface area contributed by atoms with Gasteiger partial charge in [-0.1, -0.05) is 6.07 Å². The quantitative estimate of drug-likeness (QED) is 0.849. The average molecular weight is 251 g/mol. The number of halogens is 1. The van der Waals surface area contributed by atoms with E-state index in [0.29, 0.717) is 11.3 Å². The summed E-state index contributed by atoms with van der Waals surface area (Å²) in [5.41, 5.74) is 1.80. The molecule has 0 spiro atoms. The topological polar surface area (TPSA) is 49.3 Å². The highest BCUT2D eigenvalue weighted by Crippen LogP contribution is 2.34. The van der Waals surface area contributed by atoms with Gasteiger partial charge in [0.15, 0.2) is 0 Å². The van der Waals surface area contributed by atoms with E-state index in [4.69, 9.17) is 5.11 Å². The normalized spacial score (nSPS) is 18.7. The Kier molecular flexibility index (Phi) is 3.05. The summed E-state index contributed by atoms with van der Waals surface area (Å²) >= 11 is 0. The molecule has 0 saturated carbocycles. The van der Waals surface area contributed by atoms with Crippen LogP contribution in [0.5, 0.6) is 0 Å². The molecule has 18 heavy (non-hydrogen) atoms. The summed E-state index contributed by atoms with van der Waals surface area (Å²) in [6.45, 7) is 5.63. The second-order valence-corrected chi connectivity index (χ2v) is 5.61. The molecular weight excluding hydrogens is 233 g/mol. The van der Waals surface area contributed by atoms with Gasteiger partial charge in [0.25, 0.3) is 0 Å². The van der Waals surface area contributed by atoms with Gasteiger partial charge >= 0.3 is 5.97 Å². The number of fused-ring (bicyclic) bond motifs is 1. The number of aryl methyl sites for hydroxylation is 1. The molecule has 4 heteroatoms. The SMILES string of the molecule is CC(C(=O)O)c1cc(F)c2c(c1)CCC(C)(C)N2. The van der Waals surface area contributed by atoms with Gasteiger partial charge in [-0.15, -0.1) is 0 Å². The van der Waals surface area contributed by atoms with Crippen molar-refractivity contribution in [2.75, 3.05) is 5.32 Å². The third-order valence-electron chi connectivity index (χ3n) is 3.55. The van der Waals surface area contributed by atoms with Crippen molar-refractivity contribution in [3.8, 4) is 0 Å². The number of carbonyl (C=O) groups is 1. The number of rotatable bonds is 2. The number of benzene rings is 1. The van der Waals surface area contributed by atoms with Crippen LogP contribution in [0.3, 0.4) is 0 Å². The minimum atomic E-state index is -0.932. The summed E-state index contributed by atoms with van der Waals surface area (Å²) in [6.07, 6.45) is 1.68. The van der Waals surface area contributed by atoms with E-state index in [1.807, 2.05) is 13.8 Å². The van der Waals surface area contributed by atoms with Gasteiger partial charge in [-0.25, -0.2) is 4.39 Å². The van der Waals surface area contributed by atoms with Crippen LogP contribution in [0.15, 0.2) is 12.1 Å². The third-order valence-corrected chi connectivity index (χ3v) is 3.55. The van der Waals surface area contributed by atoms with Crippen LogP contribution in [0.4, 0.5) is 10.1 Å². The number of carboxylic acids is 1. The monoisotopic (exact) mass is 251 g/mol. The molecular formula is C14H18FNO2. The molecule has 1 unspecified atom stereocenters. The Labute approximate surface area is 106 Å². The Hall–Kier alpha value is -1.58. The van der Waals surface area contributed by atoms with Crippen molar-refractivity contribution in [2.24, 2.45) is 0 Å². The molecule has 0 aromatic heterocycles. The number of aliphatic carboxylic acids is 1. The summed E-state index contributed by atoms with van der Waals surface area (Å²) < 4.78 is 14.0. The summed E-state index contributed by atoms with van der Waals surface area (Å²) in [7, 11) is 0. The van der Waals surface area contributed by atoms with E-state index in [-0.39, 0.29) is 11.4 Å². The molecule has 1 aromatic carbocycles. The average Bonchev–Trinajstić information content (AvgIpc) is 2.28. The minimum Gasteiger partial charge on any atom is -0.481 e. The van der Waals surface area contributed by atoms with Crippen LogP contribution >= 0.6 is 0 Å². The Bertz CT molecular complexity index is 497. The molecule has 0 aliphatic carbocycles. The molecule has 98 valence electrons. The lowest BCUT2D eigenvalue weighted by atomic mass is 9.87. The van der Waals surface area contributed by atoms with Crippen LogP contribution < -0.4 is 5.32 Å². The Morgan fingerprint density at radius 3 is 2.78 bits per heavy atom. The first kappa shape index (κ1) is 12.9. The fraction of sp³-hybridized carbons (Fsp3) is 0.500. The van der Waals surface area contributed by atoms with Crippen molar-refractivity contribution in [3.05, 3.63) is 29.1 Å². The predicted molar refractivity (Wildman–Crippen MR) is 68.5 cm³/mol. The van der Waals surface area contributed by atoms with Crippen molar-refractivity contribution in [3.63, 3.8) is 0 Å². The first-order chi connectivity index (χ1) is 8.30. The molecule has 2 N–H and O–H groups in total. The van der Waals surface area contributed by atoms with E-state index in [2.05, 4.69) is 5.32 Å². The number of carboxylic acid groups (broad SMARTS) is 1. The lowest BCUT2D eigenvalue weighted by Gasteiger charge is -2.34. The van der Waals surface area contributed by atoms with Crippen molar-refractivity contribution >= 4 is 11.7 Å². The summed E-state index contributed by atoms with van der Waals surface area (Å²) in [5, 5.41) is 12.2. The van der Waals surface area contributed by atoms with E-state index in [9.17, 15) is 9.18 Å². The molecule has 0 amide bonds. The van der Waals surface area contributed by atoms with Gasteiger partial charge in [0.2, 0.25) is 0 Å². The van der Waals surface area contributed by atoms with E-state index in [1.54, 1.807) is 13.0 Å². The van der Waals surface area contributed by atoms with Crippen LogP contribution in [0, 0.1) is 5.82 Å². The zero-order chi connectivity index (χ0) is 13.5. The standard InChI is InChI=1S/C14H18FNO2/c1-8(13(17)18)10-6-9-4-5-14(2,3)16-12(9)11(15)7-10/h6-8,16H,4-5H2,1-3H3,(H,17,18). The van der Waals surface area contributed by atoms with Crippen LogP contribution in [0.2, 0.25) is 0 Å². The zero-order valence-electron chi connectivity index (χ0n) is 10.9. The van der Waals surface area contributed by atoms with E-state index in [0.717, 1.165) is 18.4 Å². The van der Waals surface area contributed by atoms with Gasteiger partial charge in [-0.2, -0.15) is 0 Å². The first-order valence-electron chi connectivity index (χ1n) is 6.13. The smallest absolute Gasteiger partial charge is 0.310 e. The third kappa shape index (κ3) is 2.33. The molecule has 1 aliphatic heterocycles. The number of hydrogen-bond donors (Lipinski definition) is 2. The molecule has 0 bridgehead atoms. The molecule has 1 atom stereocenters. The van der Waals surface area contributed by atoms with Gasteiger partial charge in [0.1, 0.15) is 5.82 Å². The molecule has 0 fully saturated rings. The van der Waals surface area contributed by atoms with Crippen LogP contribution in [0.1, 0.15) is 44.2 Å². The van der Waals surface area contributed by atoms with Crippen LogP contribution in [-0.4, -0.2) is 16.6 Å². The molecule has 1 aromatic rings. The highest BCUT2D eigenvalue weighted by Gasteiger charge is 2.27. The molecule has 0 radical (unpaired) electrons. The second kappa shape index (κ2) is 4.26. The Morgan fingerprint density at radius 2 is 2.17 bits per heavy atom. The van der Waals surface area contributed by atoms with E-state index < -0.39 is 11.9 Å². The second-order valence-electron chi connectivity index (χ2n) is 5.61. The van der Waals surface area contributed by atoms with Gasteiger partial charge in [0.05, 0.1) is 11.6 Å². The largest absolute Gasteiger partial charge is 0.481 e. The highest BCUT2D eigenvalue weighted by molar-refractivity contribution is 5.76. The molecule has 0 saturated heterocycles. The Balaban J connectivity index is 2.42. The lowest BCUT2D eigenvalue weighted by Crippen LogP contribution is -2.35. The zero-order valence-corrected chi connectivity index (χ0v) is 10.9. The van der Waals surface area contributed by atoms with Gasteiger partial charge < -0.3 is 10.4 Å². The maximum atomic E-state index is 14.0. The number of anilines is 1. The maximum Gasteiger partial charge on any atom is 0.310 e. The summed E-state index contributed by atoms with van der Waals surface area (Å²) in [4.78, 5) is 10.9. The van der Waals surface area contributed by atoms with Gasteiger partial charge in [0, 0.05) is 5.54 Å². The fourth-order valence-electron chi connectivity index (χ4n) is 2.26. The van der Waals surface area contributed by atoms with Crippen molar-refractivity contribution in [1.29, 1.82) is 0 Å². The number of hydrogen-bond acceptors (Lipinski definition) is 2. The van der Waals surface area contributed by atoms with Gasteiger partial charge in [-0.05, 0) is 50.8 Å². The van der Waals surface area contributed by atoms with Crippen LogP contribution in [0.25, 0.3) is 0 Å². The Morgan fingerprint density at radius 1 is 1.50 bits per heavy atom. The fourth-order valence-corrected chi connectivity index (χ4v) is 2.26. The molecule has 1 heterocycles. The summed E-state index contributed by atoms with van der Waals surface area (Å²) in [6, 6.07) is 3.13. The van der Waals surface area contributed by atoms with Crippen molar-refractivity contribution < 1.29 is 14.3 Å². The minimum absolute atomic E-state index is 0.117. The van der Waals surface area contributed by atoms with Crippen molar-refractivity contribution in [1.82, 2.24) is 0 Å². The number of nitrogens with one attached hydrogen (secondary N) is 1. The molecule has 3 nitrogen and oxygen atoms in total. The van der Waals surface area contributed by atoms with Gasteiger partial charge in [-0.3, -0.25) is 4.79 Å².